The highest BCUT2D eigenvalue weighted by molar-refractivity contribution is 5.84. The van der Waals surface area contributed by atoms with Gasteiger partial charge >= 0.3 is 0 Å². The van der Waals surface area contributed by atoms with Gasteiger partial charge in [0.15, 0.2) is 0 Å². The molecule has 0 aromatic carbocycles. The Morgan fingerprint density at radius 3 is 2.96 bits per heavy atom. The molecule has 2 N–H and O–H groups in total. The van der Waals surface area contributed by atoms with Crippen LogP contribution >= 0.6 is 0 Å². The van der Waals surface area contributed by atoms with Crippen LogP contribution in [0.15, 0.2) is 0 Å². The van der Waals surface area contributed by atoms with Crippen LogP contribution in [0.4, 0.5) is 0 Å². The highest BCUT2D eigenvalue weighted by Gasteiger charge is 2.51. The van der Waals surface area contributed by atoms with Crippen LogP contribution in [0.25, 0.3) is 0 Å². The number of fused-ring (bicyclic) bond motifs is 1. The van der Waals surface area contributed by atoms with Crippen LogP contribution in [0.5, 0.6) is 0 Å². The predicted octanol–water partition coefficient (Wildman–Crippen LogP) is 1.92. The van der Waals surface area contributed by atoms with Gasteiger partial charge in [-0.2, -0.15) is 0 Å². The van der Waals surface area contributed by atoms with Crippen LogP contribution in [-0.2, 0) is 9.59 Å². The molecule has 1 unspecified atom stereocenters. The Labute approximate surface area is 145 Å². The summed E-state index contributed by atoms with van der Waals surface area (Å²) in [7, 11) is 0. The van der Waals surface area contributed by atoms with Crippen molar-refractivity contribution in [2.24, 2.45) is 17.3 Å². The van der Waals surface area contributed by atoms with Crippen molar-refractivity contribution >= 4 is 11.8 Å². The molecule has 2 heterocycles. The lowest BCUT2D eigenvalue weighted by Crippen LogP contribution is -2.53. The molecule has 3 fully saturated rings. The lowest BCUT2D eigenvalue weighted by Gasteiger charge is -2.43. The van der Waals surface area contributed by atoms with E-state index in [0.29, 0.717) is 24.2 Å². The molecule has 1 aliphatic carbocycles. The van der Waals surface area contributed by atoms with Gasteiger partial charge in [0.05, 0.1) is 5.41 Å². The Bertz CT molecular complexity index is 468. The number of carbonyl (C=O) groups is 2. The number of amides is 2. The Hall–Kier alpha value is -1.10. The highest BCUT2D eigenvalue weighted by atomic mass is 16.2. The first-order valence-corrected chi connectivity index (χ1v) is 9.92. The molecule has 2 amide bonds. The molecule has 3 atom stereocenters. The molecule has 0 radical (unpaired) electrons. The largest absolute Gasteiger partial charge is 0.356 e. The van der Waals surface area contributed by atoms with Gasteiger partial charge in [0, 0.05) is 32.6 Å². The van der Waals surface area contributed by atoms with Crippen LogP contribution in [0, 0.1) is 17.3 Å². The summed E-state index contributed by atoms with van der Waals surface area (Å²) < 4.78 is 0. The molecule has 2 saturated heterocycles. The molecule has 3 rings (SSSR count). The zero-order valence-corrected chi connectivity index (χ0v) is 15.1. The molecule has 0 spiro atoms. The number of carbonyl (C=O) groups excluding carboxylic acids is 2. The highest BCUT2D eigenvalue weighted by Crippen LogP contribution is 2.45. The molecule has 24 heavy (non-hydrogen) atoms. The van der Waals surface area contributed by atoms with Gasteiger partial charge < -0.3 is 15.5 Å². The van der Waals surface area contributed by atoms with E-state index in [1.165, 1.54) is 19.3 Å². The fourth-order valence-corrected chi connectivity index (χ4v) is 4.97. The average molecular weight is 335 g/mol. The fraction of sp³-hybridized carbons (Fsp3) is 0.895. The van der Waals surface area contributed by atoms with Gasteiger partial charge in [-0.25, -0.2) is 0 Å². The van der Waals surface area contributed by atoms with Crippen molar-refractivity contribution in [1.29, 1.82) is 0 Å². The van der Waals surface area contributed by atoms with E-state index >= 15 is 0 Å². The molecule has 136 valence electrons. The van der Waals surface area contributed by atoms with E-state index in [4.69, 9.17) is 0 Å². The molecule has 0 bridgehead atoms. The smallest absolute Gasteiger partial charge is 0.230 e. The van der Waals surface area contributed by atoms with Gasteiger partial charge in [-0.1, -0.05) is 19.8 Å². The lowest BCUT2D eigenvalue weighted by atomic mass is 9.67. The molecule has 0 aromatic heterocycles. The maximum Gasteiger partial charge on any atom is 0.230 e. The monoisotopic (exact) mass is 335 g/mol. The third-order valence-electron chi connectivity index (χ3n) is 6.34. The second kappa shape index (κ2) is 7.85. The van der Waals surface area contributed by atoms with E-state index in [1.54, 1.807) is 0 Å². The van der Waals surface area contributed by atoms with Crippen LogP contribution < -0.4 is 10.6 Å². The van der Waals surface area contributed by atoms with Crippen molar-refractivity contribution in [2.45, 2.75) is 58.3 Å². The predicted molar refractivity (Wildman–Crippen MR) is 94.5 cm³/mol. The summed E-state index contributed by atoms with van der Waals surface area (Å²) in [6, 6.07) is 0. The lowest BCUT2D eigenvalue weighted by molar-refractivity contribution is -0.147. The van der Waals surface area contributed by atoms with Gasteiger partial charge in [-0.15, -0.1) is 0 Å². The van der Waals surface area contributed by atoms with E-state index < -0.39 is 0 Å². The van der Waals surface area contributed by atoms with E-state index in [9.17, 15) is 9.59 Å². The van der Waals surface area contributed by atoms with E-state index in [2.05, 4.69) is 15.5 Å². The Morgan fingerprint density at radius 2 is 2.12 bits per heavy atom. The number of likely N-dealkylation sites (tertiary alicyclic amines) is 1. The number of nitrogens with one attached hydrogen (secondary N) is 2. The fourth-order valence-electron chi connectivity index (χ4n) is 4.97. The number of hydrogen-bond acceptors (Lipinski definition) is 3. The molecule has 1 saturated carbocycles. The van der Waals surface area contributed by atoms with Gasteiger partial charge in [0.25, 0.3) is 0 Å². The SMILES string of the molecule is CCCC(=O)NCC1CCCN(C(=O)[C@@]23CCCC[C@H]2CNC3)C1. The van der Waals surface area contributed by atoms with E-state index in [0.717, 1.165) is 58.4 Å². The average Bonchev–Trinajstić information content (AvgIpc) is 3.05. The molecular formula is C19H33N3O2. The minimum atomic E-state index is -0.133. The van der Waals surface area contributed by atoms with E-state index in [1.807, 2.05) is 6.92 Å². The molecular weight excluding hydrogens is 302 g/mol. The van der Waals surface area contributed by atoms with Gasteiger partial charge in [0.1, 0.15) is 0 Å². The number of rotatable bonds is 5. The number of hydrogen-bond donors (Lipinski definition) is 2. The minimum absolute atomic E-state index is 0.133. The first kappa shape index (κ1) is 17.7. The Balaban J connectivity index is 1.58. The first-order valence-electron chi connectivity index (χ1n) is 9.92. The quantitative estimate of drug-likeness (QED) is 0.807. The van der Waals surface area contributed by atoms with Crippen LogP contribution in [-0.4, -0.2) is 49.4 Å². The number of nitrogens with zero attached hydrogens (tertiary/aromatic N) is 1. The molecule has 0 aromatic rings. The summed E-state index contributed by atoms with van der Waals surface area (Å²) in [5.41, 5.74) is -0.133. The second-order valence-electron chi connectivity index (χ2n) is 8.04. The Kier molecular flexibility index (Phi) is 5.80. The van der Waals surface area contributed by atoms with Crippen molar-refractivity contribution in [3.63, 3.8) is 0 Å². The molecule has 5 nitrogen and oxygen atoms in total. The third kappa shape index (κ3) is 3.61. The minimum Gasteiger partial charge on any atom is -0.356 e. The second-order valence-corrected chi connectivity index (χ2v) is 8.04. The number of piperidine rings is 1. The zero-order valence-electron chi connectivity index (χ0n) is 15.1. The van der Waals surface area contributed by atoms with Crippen LogP contribution in [0.3, 0.4) is 0 Å². The van der Waals surface area contributed by atoms with E-state index in [-0.39, 0.29) is 11.3 Å². The normalized spacial score (nSPS) is 33.1. The van der Waals surface area contributed by atoms with Gasteiger partial charge in [0.2, 0.25) is 11.8 Å². The van der Waals surface area contributed by atoms with Crippen molar-refractivity contribution in [3.8, 4) is 0 Å². The summed E-state index contributed by atoms with van der Waals surface area (Å²) >= 11 is 0. The van der Waals surface area contributed by atoms with Gasteiger partial charge in [-0.3, -0.25) is 9.59 Å². The van der Waals surface area contributed by atoms with Crippen LogP contribution in [0.2, 0.25) is 0 Å². The van der Waals surface area contributed by atoms with Gasteiger partial charge in [-0.05, 0) is 50.5 Å². The summed E-state index contributed by atoms with van der Waals surface area (Å²) in [6.45, 7) is 6.33. The Morgan fingerprint density at radius 1 is 1.25 bits per heavy atom. The molecule has 2 aliphatic heterocycles. The molecule has 3 aliphatic rings. The third-order valence-corrected chi connectivity index (χ3v) is 6.34. The summed E-state index contributed by atoms with van der Waals surface area (Å²) in [6.07, 6.45) is 8.38. The first-order chi connectivity index (χ1) is 11.7. The maximum atomic E-state index is 13.3. The summed E-state index contributed by atoms with van der Waals surface area (Å²) in [5, 5.41) is 6.53. The summed E-state index contributed by atoms with van der Waals surface area (Å²) in [5.74, 6) is 1.48. The van der Waals surface area contributed by atoms with Crippen molar-refractivity contribution in [3.05, 3.63) is 0 Å². The van der Waals surface area contributed by atoms with Crippen molar-refractivity contribution in [1.82, 2.24) is 15.5 Å². The van der Waals surface area contributed by atoms with Crippen molar-refractivity contribution in [2.75, 3.05) is 32.7 Å². The zero-order chi connectivity index (χ0) is 17.0. The topological polar surface area (TPSA) is 61.4 Å². The van der Waals surface area contributed by atoms with Crippen LogP contribution in [0.1, 0.15) is 58.3 Å². The molecule has 5 heteroatoms. The standard InChI is InChI=1S/C19H33N3O2/c1-2-6-17(23)21-11-15-7-5-10-22(13-15)18(24)19-9-4-3-8-16(19)12-20-14-19/h15-16,20H,2-14H2,1H3,(H,21,23)/t15?,16-,19+/m0/s1. The summed E-state index contributed by atoms with van der Waals surface area (Å²) in [4.78, 5) is 27.2. The maximum absolute atomic E-state index is 13.3. The van der Waals surface area contributed by atoms with Crippen molar-refractivity contribution < 1.29 is 9.59 Å².